The fourth-order valence-electron chi connectivity index (χ4n) is 6.23. The molecule has 0 radical (unpaired) electrons. The number of amides is 1. The van der Waals surface area contributed by atoms with Crippen LogP contribution < -0.4 is 16.4 Å². The molecule has 1 amide bonds. The van der Waals surface area contributed by atoms with Gasteiger partial charge in [-0.1, -0.05) is 39.0 Å². The topological polar surface area (TPSA) is 135 Å². The van der Waals surface area contributed by atoms with Crippen molar-refractivity contribution >= 4 is 28.2 Å². The van der Waals surface area contributed by atoms with E-state index in [2.05, 4.69) is 20.5 Å². The van der Waals surface area contributed by atoms with Gasteiger partial charge in [0.15, 0.2) is 0 Å². The second-order valence-electron chi connectivity index (χ2n) is 13.2. The van der Waals surface area contributed by atoms with Crippen LogP contribution in [0.4, 0.5) is 15.9 Å². The molecule has 2 aromatic carbocycles. The molecule has 0 atom stereocenters. The number of piperidine rings is 1. The number of aliphatic hydroxyl groups excluding tert-OH is 1. The van der Waals surface area contributed by atoms with Crippen molar-refractivity contribution in [1.29, 1.82) is 0 Å². The number of likely N-dealkylation sites (tertiary alicyclic amines) is 1. The van der Waals surface area contributed by atoms with Gasteiger partial charge in [-0.15, -0.1) is 0 Å². The van der Waals surface area contributed by atoms with Gasteiger partial charge in [0.2, 0.25) is 5.91 Å². The summed E-state index contributed by atoms with van der Waals surface area (Å²) in [5, 5.41) is 22.7. The maximum absolute atomic E-state index is 15.4. The van der Waals surface area contributed by atoms with E-state index in [4.69, 9.17) is 0 Å². The molecule has 248 valence electrons. The summed E-state index contributed by atoms with van der Waals surface area (Å²) in [6.07, 6.45) is 4.96. The van der Waals surface area contributed by atoms with Crippen molar-refractivity contribution in [3.05, 3.63) is 104 Å². The first kappa shape index (κ1) is 32.7. The monoisotopic (exact) mass is 651 g/mol. The van der Waals surface area contributed by atoms with Crippen molar-refractivity contribution in [3.63, 3.8) is 0 Å². The second kappa shape index (κ2) is 12.8. The van der Waals surface area contributed by atoms with E-state index in [0.717, 1.165) is 28.7 Å². The van der Waals surface area contributed by atoms with Gasteiger partial charge in [0.1, 0.15) is 17.3 Å². The van der Waals surface area contributed by atoms with Crippen LogP contribution in [0.1, 0.15) is 63.1 Å². The molecule has 6 rings (SSSR count). The van der Waals surface area contributed by atoms with E-state index in [9.17, 15) is 19.5 Å². The summed E-state index contributed by atoms with van der Waals surface area (Å²) in [4.78, 5) is 44.8. The highest BCUT2D eigenvalue weighted by Crippen LogP contribution is 2.31. The standard InChI is InChI=1S/C36H38FN7O4/c1-21(46)43-13-11-22(12-14-43)23-9-10-32(38-18-23)40-30-17-29(41-42(5)34(30)47)26-7-6-8-31(27(26)20-45)44-35(48)33-24(19-39-44)15-25(16-28(33)37)36(2,3)4/h6-10,15-19,22,45H,11-14,20H2,1-5H3,(H,38,40). The molecule has 1 aliphatic heterocycles. The van der Waals surface area contributed by atoms with Gasteiger partial charge in [-0.2, -0.15) is 14.9 Å². The van der Waals surface area contributed by atoms with E-state index in [1.807, 2.05) is 37.8 Å². The van der Waals surface area contributed by atoms with Crippen LogP contribution in [0.2, 0.25) is 0 Å². The first-order valence-electron chi connectivity index (χ1n) is 15.9. The number of aryl methyl sites for hydroxylation is 1. The van der Waals surface area contributed by atoms with Gasteiger partial charge < -0.3 is 15.3 Å². The predicted octanol–water partition coefficient (Wildman–Crippen LogP) is 4.94. The summed E-state index contributed by atoms with van der Waals surface area (Å²) in [7, 11) is 1.52. The molecule has 11 nitrogen and oxygen atoms in total. The van der Waals surface area contributed by atoms with Gasteiger partial charge in [0, 0.05) is 49.8 Å². The number of pyridine rings is 1. The third-order valence-electron chi connectivity index (χ3n) is 9.04. The van der Waals surface area contributed by atoms with Gasteiger partial charge in [-0.25, -0.2) is 14.1 Å². The largest absolute Gasteiger partial charge is 0.392 e. The van der Waals surface area contributed by atoms with Crippen molar-refractivity contribution in [2.24, 2.45) is 7.05 Å². The molecular weight excluding hydrogens is 613 g/mol. The fourth-order valence-corrected chi connectivity index (χ4v) is 6.23. The number of rotatable bonds is 6. The number of nitrogens with zero attached hydrogens (tertiary/aromatic N) is 6. The van der Waals surface area contributed by atoms with E-state index in [1.54, 1.807) is 43.5 Å². The summed E-state index contributed by atoms with van der Waals surface area (Å²) >= 11 is 0. The summed E-state index contributed by atoms with van der Waals surface area (Å²) in [5.41, 5.74) is 2.06. The van der Waals surface area contributed by atoms with Crippen LogP contribution in [-0.4, -0.2) is 53.5 Å². The van der Waals surface area contributed by atoms with Crippen LogP contribution in [0.3, 0.4) is 0 Å². The lowest BCUT2D eigenvalue weighted by Gasteiger charge is -2.31. The number of hydrogen-bond donors (Lipinski definition) is 2. The lowest BCUT2D eigenvalue weighted by molar-refractivity contribution is -0.129. The lowest BCUT2D eigenvalue weighted by atomic mass is 9.86. The molecule has 12 heteroatoms. The molecule has 1 saturated heterocycles. The molecule has 3 aromatic heterocycles. The van der Waals surface area contributed by atoms with Crippen LogP contribution >= 0.6 is 0 Å². The highest BCUT2D eigenvalue weighted by Gasteiger charge is 2.23. The molecule has 5 aromatic rings. The van der Waals surface area contributed by atoms with Gasteiger partial charge in [-0.05, 0) is 65.6 Å². The van der Waals surface area contributed by atoms with Crippen molar-refractivity contribution in [3.8, 4) is 16.9 Å². The van der Waals surface area contributed by atoms with Crippen molar-refractivity contribution < 1.29 is 14.3 Å². The molecule has 0 aliphatic carbocycles. The Kier molecular flexibility index (Phi) is 8.69. The number of anilines is 2. The first-order valence-corrected chi connectivity index (χ1v) is 15.9. The molecule has 0 spiro atoms. The third-order valence-corrected chi connectivity index (χ3v) is 9.04. The normalized spacial score (nSPS) is 14.0. The molecule has 0 bridgehead atoms. The maximum Gasteiger partial charge on any atom is 0.290 e. The van der Waals surface area contributed by atoms with Gasteiger partial charge in [-0.3, -0.25) is 14.4 Å². The Morgan fingerprint density at radius 2 is 1.79 bits per heavy atom. The van der Waals surface area contributed by atoms with Crippen LogP contribution in [-0.2, 0) is 23.9 Å². The minimum atomic E-state index is -0.660. The zero-order valence-corrected chi connectivity index (χ0v) is 27.6. The van der Waals surface area contributed by atoms with Gasteiger partial charge in [0.05, 0.1) is 29.6 Å². The number of hydrogen-bond acceptors (Lipinski definition) is 8. The number of carbonyl (C=O) groups is 1. The van der Waals surface area contributed by atoms with E-state index >= 15 is 4.39 Å². The van der Waals surface area contributed by atoms with Crippen molar-refractivity contribution in [2.75, 3.05) is 18.4 Å². The second-order valence-corrected chi connectivity index (χ2v) is 13.2. The Balaban J connectivity index is 1.33. The number of benzene rings is 2. The molecule has 48 heavy (non-hydrogen) atoms. The minimum absolute atomic E-state index is 0.0895. The molecule has 2 N–H and O–H groups in total. The number of fused-ring (bicyclic) bond motifs is 1. The Morgan fingerprint density at radius 1 is 1.04 bits per heavy atom. The van der Waals surface area contributed by atoms with Crippen LogP contribution in [0.25, 0.3) is 27.7 Å². The SMILES string of the molecule is CC(=O)N1CCC(c2ccc(Nc3cc(-c4cccc(-n5ncc6cc(C(C)(C)C)cc(F)c6c5=O)c4CO)nn(C)c3=O)nc2)CC1. The van der Waals surface area contributed by atoms with E-state index in [0.29, 0.717) is 47.0 Å². The zero-order chi connectivity index (χ0) is 34.3. The quantitative estimate of drug-likeness (QED) is 0.264. The zero-order valence-electron chi connectivity index (χ0n) is 27.6. The molecule has 4 heterocycles. The van der Waals surface area contributed by atoms with Crippen LogP contribution in [0.5, 0.6) is 0 Å². The van der Waals surface area contributed by atoms with Crippen molar-refractivity contribution in [2.45, 2.75) is 58.5 Å². The summed E-state index contributed by atoms with van der Waals surface area (Å²) in [6, 6.07) is 13.5. The first-order chi connectivity index (χ1) is 22.8. The molecular formula is C36H38FN7O4. The fraction of sp³-hybridized carbons (Fsp3) is 0.333. The predicted molar refractivity (Wildman–Crippen MR) is 182 cm³/mol. The summed E-state index contributed by atoms with van der Waals surface area (Å²) < 4.78 is 17.6. The molecule has 0 unspecified atom stereocenters. The highest BCUT2D eigenvalue weighted by molar-refractivity contribution is 5.83. The Bertz CT molecular complexity index is 2140. The number of halogens is 1. The summed E-state index contributed by atoms with van der Waals surface area (Å²) in [6.45, 7) is 8.43. The van der Waals surface area contributed by atoms with E-state index < -0.39 is 18.0 Å². The van der Waals surface area contributed by atoms with Crippen LogP contribution in [0, 0.1) is 5.82 Å². The summed E-state index contributed by atoms with van der Waals surface area (Å²) in [5.74, 6) is 0.213. The maximum atomic E-state index is 15.4. The van der Waals surface area contributed by atoms with Crippen LogP contribution in [0.15, 0.2) is 70.5 Å². The number of carbonyl (C=O) groups excluding carboxylic acids is 1. The van der Waals surface area contributed by atoms with E-state index in [1.165, 1.54) is 24.0 Å². The van der Waals surface area contributed by atoms with E-state index in [-0.39, 0.29) is 33.6 Å². The molecule has 1 fully saturated rings. The lowest BCUT2D eigenvalue weighted by Crippen LogP contribution is -2.36. The van der Waals surface area contributed by atoms with Gasteiger partial charge in [0.25, 0.3) is 11.1 Å². The highest BCUT2D eigenvalue weighted by atomic mass is 19.1. The van der Waals surface area contributed by atoms with Gasteiger partial charge >= 0.3 is 0 Å². The Morgan fingerprint density at radius 3 is 2.44 bits per heavy atom. The molecule has 1 aliphatic rings. The van der Waals surface area contributed by atoms with Crippen molar-refractivity contribution in [1.82, 2.24) is 29.4 Å². The number of aromatic nitrogens is 5. The Labute approximate surface area is 276 Å². The number of nitrogens with one attached hydrogen (secondary N) is 1. The third kappa shape index (κ3) is 6.23. The minimum Gasteiger partial charge on any atom is -0.392 e. The Hall–Kier alpha value is -5.23. The number of aliphatic hydroxyl groups is 1. The average molecular weight is 652 g/mol. The molecule has 0 saturated carbocycles. The average Bonchev–Trinajstić information content (AvgIpc) is 3.06. The smallest absolute Gasteiger partial charge is 0.290 e.